The Morgan fingerprint density at radius 2 is 1.52 bits per heavy atom. The fraction of sp³-hybridized carbons (Fsp3) is 0.543. The lowest BCUT2D eigenvalue weighted by atomic mass is 9.96. The summed E-state index contributed by atoms with van der Waals surface area (Å²) in [5.74, 6) is 0.00470. The van der Waals surface area contributed by atoms with Gasteiger partial charge in [-0.3, -0.25) is 28.5 Å². The number of carbonyl (C=O) groups is 3. The number of halogens is 1. The van der Waals surface area contributed by atoms with Crippen LogP contribution in [0.5, 0.6) is 5.75 Å². The second kappa shape index (κ2) is 13.3. The molecule has 1 aromatic heterocycles. The van der Waals surface area contributed by atoms with Crippen molar-refractivity contribution >= 4 is 28.9 Å². The molecule has 3 aromatic rings. The van der Waals surface area contributed by atoms with E-state index in [1.54, 1.807) is 42.0 Å². The number of imide groups is 1. The van der Waals surface area contributed by atoms with Gasteiger partial charge in [0.05, 0.1) is 24.7 Å². The third kappa shape index (κ3) is 6.45. The standard InChI is InChI=1S/C35H43FN6O6/c1-48-27-6-2-23(3-7-27)21-40-32(43)9-8-29(33(40)44)42-31-19-28(36)25(18-30(31)41(34(42)45)26-4-5-26)22-38-16-14-37(15-17-38)20-24-10-12-39(13-11-24)35(46)47/h2-3,6-7,18-19,24,26,29H,4-5,8-17,20-22H2,1H3,(H,46,47). The SMILES string of the molecule is COc1ccc(CN2C(=O)CCC(n3c(=O)n(C4CC4)c4cc(CN5CCN(CC6CCN(C(=O)O)CC6)CC5)c(F)cc43)C2=O)cc1. The summed E-state index contributed by atoms with van der Waals surface area (Å²) in [5, 5.41) is 9.22. The Hall–Kier alpha value is -4.23. The molecular weight excluding hydrogens is 619 g/mol. The van der Waals surface area contributed by atoms with Gasteiger partial charge in [0.15, 0.2) is 0 Å². The van der Waals surface area contributed by atoms with Crippen LogP contribution in [0.4, 0.5) is 9.18 Å². The van der Waals surface area contributed by atoms with Gasteiger partial charge in [0, 0.05) is 76.5 Å². The zero-order chi connectivity index (χ0) is 33.5. The maximum absolute atomic E-state index is 15.9. The second-order valence-electron chi connectivity index (χ2n) is 13.7. The van der Waals surface area contributed by atoms with Crippen molar-refractivity contribution in [3.05, 3.63) is 63.8 Å². The molecule has 4 fully saturated rings. The van der Waals surface area contributed by atoms with E-state index < -0.39 is 23.9 Å². The minimum atomic E-state index is -0.898. The molecule has 3 saturated heterocycles. The maximum atomic E-state index is 15.9. The molecule has 0 radical (unpaired) electrons. The van der Waals surface area contributed by atoms with E-state index in [9.17, 15) is 24.3 Å². The summed E-state index contributed by atoms with van der Waals surface area (Å²) < 4.78 is 24.2. The van der Waals surface area contributed by atoms with Crippen molar-refractivity contribution in [3.8, 4) is 5.75 Å². The number of imidazole rings is 1. The largest absolute Gasteiger partial charge is 0.497 e. The Morgan fingerprint density at radius 3 is 2.17 bits per heavy atom. The molecule has 2 aromatic carbocycles. The first kappa shape index (κ1) is 32.3. The molecule has 1 atom stereocenters. The Balaban J connectivity index is 1.07. The van der Waals surface area contributed by atoms with Crippen molar-refractivity contribution in [2.45, 2.75) is 63.7 Å². The summed E-state index contributed by atoms with van der Waals surface area (Å²) in [5.41, 5.74) is 1.99. The zero-order valence-corrected chi connectivity index (χ0v) is 27.4. The first-order chi connectivity index (χ1) is 23.2. The van der Waals surface area contributed by atoms with Gasteiger partial charge in [-0.05, 0) is 61.8 Å². The number of aromatic nitrogens is 2. The number of piperazine rings is 1. The summed E-state index contributed by atoms with van der Waals surface area (Å²) in [6, 6.07) is 9.46. The number of fused-ring (bicyclic) bond motifs is 1. The number of methoxy groups -OCH3 is 1. The average molecular weight is 663 g/mol. The lowest BCUT2D eigenvalue weighted by molar-refractivity contribution is -0.151. The molecule has 1 unspecified atom stereocenters. The van der Waals surface area contributed by atoms with Crippen LogP contribution >= 0.6 is 0 Å². The van der Waals surface area contributed by atoms with Gasteiger partial charge in [0.2, 0.25) is 5.91 Å². The number of nitrogens with zero attached hydrogens (tertiary/aromatic N) is 6. The van der Waals surface area contributed by atoms with Gasteiger partial charge in [-0.25, -0.2) is 14.0 Å². The van der Waals surface area contributed by atoms with Crippen LogP contribution in [0.15, 0.2) is 41.2 Å². The molecule has 1 N–H and O–H groups in total. The summed E-state index contributed by atoms with van der Waals surface area (Å²) in [4.78, 5) is 59.3. The van der Waals surface area contributed by atoms with Gasteiger partial charge < -0.3 is 19.6 Å². The average Bonchev–Trinajstić information content (AvgIpc) is 3.88. The minimum Gasteiger partial charge on any atom is -0.497 e. The van der Waals surface area contributed by atoms with E-state index in [1.807, 2.05) is 0 Å². The van der Waals surface area contributed by atoms with Gasteiger partial charge >= 0.3 is 11.8 Å². The first-order valence-electron chi connectivity index (χ1n) is 17.0. The van der Waals surface area contributed by atoms with Crippen LogP contribution < -0.4 is 10.4 Å². The van der Waals surface area contributed by atoms with E-state index in [-0.39, 0.29) is 37.0 Å². The molecule has 4 aliphatic rings. The number of hydrogen-bond donors (Lipinski definition) is 1. The zero-order valence-electron chi connectivity index (χ0n) is 27.4. The van der Waals surface area contributed by atoms with Crippen molar-refractivity contribution in [2.24, 2.45) is 5.92 Å². The molecule has 48 heavy (non-hydrogen) atoms. The van der Waals surface area contributed by atoms with Crippen molar-refractivity contribution in [3.63, 3.8) is 0 Å². The van der Waals surface area contributed by atoms with E-state index in [0.717, 1.165) is 64.0 Å². The molecule has 4 heterocycles. The second-order valence-corrected chi connectivity index (χ2v) is 13.7. The van der Waals surface area contributed by atoms with Crippen molar-refractivity contribution in [1.29, 1.82) is 0 Å². The molecule has 12 nitrogen and oxygen atoms in total. The highest BCUT2D eigenvalue weighted by Gasteiger charge is 2.39. The Kier molecular flexibility index (Phi) is 8.99. The van der Waals surface area contributed by atoms with Crippen LogP contribution in [0, 0.1) is 11.7 Å². The van der Waals surface area contributed by atoms with Crippen LogP contribution in [-0.2, 0) is 22.7 Å². The van der Waals surface area contributed by atoms with Gasteiger partial charge in [0.1, 0.15) is 17.6 Å². The van der Waals surface area contributed by atoms with Gasteiger partial charge in [-0.2, -0.15) is 0 Å². The van der Waals surface area contributed by atoms with Crippen LogP contribution in [0.3, 0.4) is 0 Å². The van der Waals surface area contributed by atoms with Crippen LogP contribution in [0.2, 0.25) is 0 Å². The molecule has 3 amide bonds. The lowest BCUT2D eigenvalue weighted by Crippen LogP contribution is -2.48. The van der Waals surface area contributed by atoms with E-state index in [4.69, 9.17) is 4.74 Å². The number of ether oxygens (including phenoxy) is 1. The molecule has 1 saturated carbocycles. The van der Waals surface area contributed by atoms with Gasteiger partial charge in [-0.1, -0.05) is 12.1 Å². The predicted molar refractivity (Wildman–Crippen MR) is 175 cm³/mol. The van der Waals surface area contributed by atoms with Gasteiger partial charge in [-0.15, -0.1) is 0 Å². The number of piperidine rings is 2. The molecular formula is C35H43FN6O6. The Morgan fingerprint density at radius 1 is 0.854 bits per heavy atom. The molecule has 13 heteroatoms. The molecule has 0 bridgehead atoms. The molecule has 1 aliphatic carbocycles. The third-order valence-electron chi connectivity index (χ3n) is 10.5. The van der Waals surface area contributed by atoms with Crippen molar-refractivity contribution in [2.75, 3.05) is 52.9 Å². The van der Waals surface area contributed by atoms with Crippen LogP contribution in [0.1, 0.15) is 61.7 Å². The fourth-order valence-electron chi connectivity index (χ4n) is 7.59. The maximum Gasteiger partial charge on any atom is 0.407 e. The van der Waals surface area contributed by atoms with Crippen molar-refractivity contribution < 1.29 is 28.6 Å². The highest BCUT2D eigenvalue weighted by atomic mass is 19.1. The number of carboxylic acid groups (broad SMARTS) is 1. The molecule has 256 valence electrons. The summed E-state index contributed by atoms with van der Waals surface area (Å²) in [6.45, 7) is 5.93. The van der Waals surface area contributed by atoms with Crippen molar-refractivity contribution in [1.82, 2.24) is 28.7 Å². The van der Waals surface area contributed by atoms with E-state index in [1.165, 1.54) is 20.4 Å². The molecule has 7 rings (SSSR count). The summed E-state index contributed by atoms with van der Waals surface area (Å²) in [6.07, 6.45) is 2.92. The van der Waals surface area contributed by atoms with E-state index in [0.29, 0.717) is 47.9 Å². The van der Waals surface area contributed by atoms with Crippen LogP contribution in [-0.4, -0.2) is 105 Å². The fourth-order valence-corrected chi connectivity index (χ4v) is 7.59. The monoisotopic (exact) mass is 662 g/mol. The number of amides is 3. The van der Waals surface area contributed by atoms with Gasteiger partial charge in [0.25, 0.3) is 5.91 Å². The normalized spacial score (nSPS) is 21.8. The van der Waals surface area contributed by atoms with E-state index in [2.05, 4.69) is 9.80 Å². The van der Waals surface area contributed by atoms with Crippen LogP contribution in [0.25, 0.3) is 11.0 Å². The summed E-state index contributed by atoms with van der Waals surface area (Å²) in [7, 11) is 1.57. The highest BCUT2D eigenvalue weighted by Crippen LogP contribution is 2.38. The third-order valence-corrected chi connectivity index (χ3v) is 10.5. The number of likely N-dealkylation sites (tertiary alicyclic amines) is 2. The highest BCUT2D eigenvalue weighted by molar-refractivity contribution is 6.00. The topological polar surface area (TPSA) is 121 Å². The number of carbonyl (C=O) groups excluding carboxylic acids is 2. The quantitative estimate of drug-likeness (QED) is 0.345. The Labute approximate surface area is 278 Å². The number of benzene rings is 2. The summed E-state index contributed by atoms with van der Waals surface area (Å²) >= 11 is 0. The number of hydrogen-bond acceptors (Lipinski definition) is 7. The first-order valence-corrected chi connectivity index (χ1v) is 17.0. The smallest absolute Gasteiger partial charge is 0.407 e. The lowest BCUT2D eigenvalue weighted by Gasteiger charge is -2.38. The molecule has 3 aliphatic heterocycles. The van der Waals surface area contributed by atoms with E-state index >= 15 is 4.39 Å². The minimum absolute atomic E-state index is 0.0150. The Bertz CT molecular complexity index is 1750. The molecule has 0 spiro atoms. The number of rotatable bonds is 9. The predicted octanol–water partition coefficient (Wildman–Crippen LogP) is 3.68.